The van der Waals surface area contributed by atoms with Crippen LogP contribution in [0.5, 0.6) is 0 Å². The third-order valence-electron chi connectivity index (χ3n) is 6.84. The van der Waals surface area contributed by atoms with Gasteiger partial charge in [0.05, 0.1) is 27.2 Å². The van der Waals surface area contributed by atoms with Gasteiger partial charge in [0.25, 0.3) is 0 Å². The van der Waals surface area contributed by atoms with E-state index in [1.54, 1.807) is 0 Å². The van der Waals surface area contributed by atoms with E-state index in [9.17, 15) is 9.79 Å². The van der Waals surface area contributed by atoms with E-state index in [1.165, 1.54) is 129 Å². The van der Waals surface area contributed by atoms with Crippen LogP contribution in [0.25, 0.3) is 0 Å². The van der Waals surface area contributed by atoms with Gasteiger partial charge in [0, 0.05) is 7.11 Å². The van der Waals surface area contributed by atoms with Gasteiger partial charge in [0.1, 0.15) is 24.8 Å². The zero-order valence-electron chi connectivity index (χ0n) is 26.1. The van der Waals surface area contributed by atoms with Crippen LogP contribution in [-0.4, -0.2) is 16.2 Å². The fourth-order valence-electron chi connectivity index (χ4n) is 4.48. The van der Waals surface area contributed by atoms with E-state index in [0.717, 1.165) is 7.11 Å². The average molecular weight is 569 g/mol. The van der Waals surface area contributed by atoms with Crippen molar-refractivity contribution in [1.82, 2.24) is 9.13 Å². The molecule has 0 spiro atoms. The minimum absolute atomic E-state index is 1.10. The molecular formula is C31H61N4O3P. The van der Waals surface area contributed by atoms with Crippen molar-refractivity contribution in [1.29, 1.82) is 0 Å². The summed E-state index contributed by atoms with van der Waals surface area (Å²) in [5, 5.41) is 0. The molecule has 0 radical (unpaired) electrons. The molecule has 0 aliphatic carbocycles. The summed E-state index contributed by atoms with van der Waals surface area (Å²) in [6, 6.07) is 0. The van der Waals surface area contributed by atoms with E-state index in [1.807, 2.05) is 0 Å². The number of aromatic nitrogens is 4. The van der Waals surface area contributed by atoms with Gasteiger partial charge in [-0.1, -0.05) is 104 Å². The zero-order chi connectivity index (χ0) is 29.0. The summed E-state index contributed by atoms with van der Waals surface area (Å²) in [4.78, 5) is 18.4. The van der Waals surface area contributed by atoms with Crippen LogP contribution in [-0.2, 0) is 31.7 Å². The van der Waals surface area contributed by atoms with Gasteiger partial charge in [-0.3, -0.25) is 0 Å². The molecule has 2 rings (SSSR count). The highest BCUT2D eigenvalue weighted by Gasteiger charge is 2.00. The highest BCUT2D eigenvalue weighted by Crippen LogP contribution is 2.11. The van der Waals surface area contributed by atoms with Crippen molar-refractivity contribution in [2.24, 2.45) is 14.1 Å². The van der Waals surface area contributed by atoms with Crippen molar-refractivity contribution in [3.8, 4) is 0 Å². The number of rotatable bonds is 21. The molecule has 0 amide bonds. The number of unbranched alkanes of at least 4 members (excludes halogenated alkanes) is 16. The lowest BCUT2D eigenvalue weighted by Gasteiger charge is -2.25. The van der Waals surface area contributed by atoms with Gasteiger partial charge in [0.2, 0.25) is 12.7 Å². The molecule has 0 saturated carbocycles. The Balaban J connectivity index is 0.000000632. The van der Waals surface area contributed by atoms with E-state index in [2.05, 4.69) is 88.2 Å². The summed E-state index contributed by atoms with van der Waals surface area (Å²) in [5.41, 5.74) is 0. The van der Waals surface area contributed by atoms with Crippen LogP contribution in [0.15, 0.2) is 37.4 Å². The monoisotopic (exact) mass is 568 g/mol. The normalized spacial score (nSPS) is 10.8. The summed E-state index contributed by atoms with van der Waals surface area (Å²) < 4.78 is 12.5. The summed E-state index contributed by atoms with van der Waals surface area (Å²) in [7, 11) is 2.66. The van der Waals surface area contributed by atoms with Crippen molar-refractivity contribution >= 4 is 8.60 Å². The Hall–Kier alpha value is -1.27. The summed E-state index contributed by atoms with van der Waals surface area (Å²) in [5.74, 6) is 0. The standard InChI is InChI=1S/2C15H29N2.CH3O3P/c2*1-3-4-5-6-7-8-9-10-11-12-17-14-13-16(2)15-17;1-4-5(2)3/h2*13-15H,3-12H2,1-2H3;1H3/q2*+1;-2. The molecule has 0 aliphatic rings. The first-order valence-corrected chi connectivity index (χ1v) is 16.7. The number of nitrogens with zero attached hydrogens (tertiary/aromatic N) is 4. The van der Waals surface area contributed by atoms with Crippen molar-refractivity contribution in [3.05, 3.63) is 37.4 Å². The van der Waals surface area contributed by atoms with Gasteiger partial charge in [-0.25, -0.2) is 18.3 Å². The van der Waals surface area contributed by atoms with Gasteiger partial charge in [-0.15, -0.1) is 0 Å². The van der Waals surface area contributed by atoms with E-state index >= 15 is 0 Å². The Bertz CT molecular complexity index is 694. The molecule has 2 aromatic rings. The molecular weight excluding hydrogens is 507 g/mol. The van der Waals surface area contributed by atoms with Crippen molar-refractivity contribution in [2.45, 2.75) is 143 Å². The third kappa shape index (κ3) is 26.7. The number of hydrogen-bond acceptors (Lipinski definition) is 3. The maximum absolute atomic E-state index is 9.18. The van der Waals surface area contributed by atoms with Crippen LogP contribution in [0, 0.1) is 0 Å². The first-order chi connectivity index (χ1) is 18.9. The predicted octanol–water partition coefficient (Wildman–Crippen LogP) is 6.27. The lowest BCUT2D eigenvalue weighted by atomic mass is 10.1. The summed E-state index contributed by atoms with van der Waals surface area (Å²) in [6.45, 7) is 6.91. The van der Waals surface area contributed by atoms with Crippen LogP contribution >= 0.6 is 8.60 Å². The Labute approximate surface area is 242 Å². The Morgan fingerprint density at radius 1 is 0.564 bits per heavy atom. The van der Waals surface area contributed by atoms with E-state index < -0.39 is 8.60 Å². The molecule has 0 N–H and O–H groups in total. The molecule has 228 valence electrons. The SMILES string of the molecule is CCCCCCCCCCCn1cc[n+](C)c1.CCCCCCCCCCCn1cc[n+](C)c1.COP([O-])[O-]. The fourth-order valence-corrected chi connectivity index (χ4v) is 4.48. The van der Waals surface area contributed by atoms with Crippen LogP contribution in [0.4, 0.5) is 0 Å². The second-order valence-electron chi connectivity index (χ2n) is 10.7. The minimum atomic E-state index is -2.60. The number of imidazole rings is 2. The van der Waals surface area contributed by atoms with Crippen molar-refractivity contribution in [2.75, 3.05) is 7.11 Å². The Kier molecular flexibility index (Phi) is 27.3. The first kappa shape index (κ1) is 37.7. The number of aryl methyl sites for hydroxylation is 4. The van der Waals surface area contributed by atoms with Gasteiger partial charge in [-0.2, -0.15) is 8.60 Å². The van der Waals surface area contributed by atoms with E-state index in [-0.39, 0.29) is 0 Å². The van der Waals surface area contributed by atoms with Crippen LogP contribution < -0.4 is 18.9 Å². The molecule has 39 heavy (non-hydrogen) atoms. The topological polar surface area (TPSA) is 73.0 Å². The summed E-state index contributed by atoms with van der Waals surface area (Å²) in [6.07, 6.45) is 38.2. The first-order valence-electron chi connectivity index (χ1n) is 15.6. The summed E-state index contributed by atoms with van der Waals surface area (Å²) >= 11 is 0. The van der Waals surface area contributed by atoms with Crippen molar-refractivity contribution in [3.63, 3.8) is 0 Å². The molecule has 0 aliphatic heterocycles. The zero-order valence-corrected chi connectivity index (χ0v) is 27.0. The van der Waals surface area contributed by atoms with Crippen LogP contribution in [0.3, 0.4) is 0 Å². The second kappa shape index (κ2) is 28.3. The molecule has 2 aromatic heterocycles. The molecule has 7 nitrogen and oxygen atoms in total. The minimum Gasteiger partial charge on any atom is -0.820 e. The Morgan fingerprint density at radius 3 is 1.08 bits per heavy atom. The maximum atomic E-state index is 9.18. The molecule has 8 heteroatoms. The van der Waals surface area contributed by atoms with E-state index in [4.69, 9.17) is 0 Å². The smallest absolute Gasteiger partial charge is 0.243 e. The second-order valence-corrected chi connectivity index (χ2v) is 11.5. The molecule has 2 heterocycles. The highest BCUT2D eigenvalue weighted by molar-refractivity contribution is 7.36. The maximum Gasteiger partial charge on any atom is 0.243 e. The van der Waals surface area contributed by atoms with Gasteiger partial charge >= 0.3 is 0 Å². The average Bonchev–Trinajstić information content (AvgIpc) is 3.54. The molecule has 0 saturated heterocycles. The van der Waals surface area contributed by atoms with Crippen LogP contribution in [0.1, 0.15) is 129 Å². The highest BCUT2D eigenvalue weighted by atomic mass is 31.2. The fraction of sp³-hybridized carbons (Fsp3) is 0.806. The van der Waals surface area contributed by atoms with E-state index in [0.29, 0.717) is 0 Å². The lowest BCUT2D eigenvalue weighted by molar-refractivity contribution is -0.671. The lowest BCUT2D eigenvalue weighted by Crippen LogP contribution is -2.23. The van der Waals surface area contributed by atoms with Crippen molar-refractivity contribution < 1.29 is 23.4 Å². The Morgan fingerprint density at radius 2 is 0.846 bits per heavy atom. The predicted molar refractivity (Wildman–Crippen MR) is 160 cm³/mol. The van der Waals surface area contributed by atoms with Gasteiger partial charge in [0.15, 0.2) is 0 Å². The molecule has 0 bridgehead atoms. The van der Waals surface area contributed by atoms with Gasteiger partial charge < -0.3 is 14.3 Å². The molecule has 0 aromatic carbocycles. The molecule has 0 unspecified atom stereocenters. The van der Waals surface area contributed by atoms with Gasteiger partial charge in [-0.05, 0) is 25.7 Å². The number of hydrogen-bond donors (Lipinski definition) is 0. The molecule has 0 fully saturated rings. The van der Waals surface area contributed by atoms with Crippen LogP contribution in [0.2, 0.25) is 0 Å². The molecule has 0 atom stereocenters. The largest absolute Gasteiger partial charge is 0.820 e. The third-order valence-corrected chi connectivity index (χ3v) is 7.13. The quantitative estimate of drug-likeness (QED) is 0.101.